The van der Waals surface area contributed by atoms with Crippen molar-refractivity contribution in [3.05, 3.63) is 59.4 Å². The zero-order valence-electron chi connectivity index (χ0n) is 12.5. The Bertz CT molecular complexity index is 628. The van der Waals surface area contributed by atoms with Gasteiger partial charge in [-0.15, -0.1) is 0 Å². The summed E-state index contributed by atoms with van der Waals surface area (Å²) in [5, 5.41) is 11.4. The first kappa shape index (κ1) is 14.7. The van der Waals surface area contributed by atoms with E-state index in [-0.39, 0.29) is 5.97 Å². The Morgan fingerprint density at radius 2 is 2.00 bits per heavy atom. The molecule has 1 aliphatic heterocycles. The Labute approximate surface area is 129 Å². The molecule has 0 bridgehead atoms. The molecule has 5 heteroatoms. The molecule has 0 amide bonds. The van der Waals surface area contributed by atoms with Crippen LogP contribution in [0.5, 0.6) is 0 Å². The van der Waals surface area contributed by atoms with Crippen molar-refractivity contribution in [2.75, 3.05) is 13.7 Å². The molecule has 2 heterocycles. The van der Waals surface area contributed by atoms with Gasteiger partial charge in [-0.25, -0.2) is 4.79 Å². The summed E-state index contributed by atoms with van der Waals surface area (Å²) in [6.07, 6.45) is 5.72. The zero-order chi connectivity index (χ0) is 15.4. The van der Waals surface area contributed by atoms with Gasteiger partial charge in [0.05, 0.1) is 18.9 Å². The fourth-order valence-corrected chi connectivity index (χ4v) is 2.99. The van der Waals surface area contributed by atoms with Crippen LogP contribution in [-0.4, -0.2) is 29.8 Å². The third-order valence-corrected chi connectivity index (χ3v) is 4.22. The molecule has 1 unspecified atom stereocenters. The van der Waals surface area contributed by atoms with E-state index in [2.05, 4.69) is 15.5 Å². The van der Waals surface area contributed by atoms with Gasteiger partial charge >= 0.3 is 5.97 Å². The van der Waals surface area contributed by atoms with Crippen LogP contribution in [0.15, 0.2) is 42.7 Å². The van der Waals surface area contributed by atoms with E-state index in [9.17, 15) is 4.79 Å². The van der Waals surface area contributed by atoms with E-state index in [1.165, 1.54) is 18.2 Å². The standard InChI is InChI=1S/C17H19N3O2/c1-22-17(21)13-4-2-12(3-5-13)16-10-14(6-8-18-16)15-7-9-19-20-11-15/h2-5,7,9,11,14,16,18H,6,8,10H2,1H3/t14?,16-/m0/s1. The number of rotatable bonds is 3. The Hall–Kier alpha value is -2.27. The predicted octanol–water partition coefficient (Wildman–Crippen LogP) is 2.47. The molecule has 1 fully saturated rings. The highest BCUT2D eigenvalue weighted by atomic mass is 16.5. The Balaban J connectivity index is 1.73. The maximum Gasteiger partial charge on any atom is 0.337 e. The van der Waals surface area contributed by atoms with Crippen LogP contribution < -0.4 is 5.32 Å². The Morgan fingerprint density at radius 3 is 2.68 bits per heavy atom. The molecule has 1 N–H and O–H groups in total. The fraction of sp³-hybridized carbons (Fsp3) is 0.353. The SMILES string of the molecule is COC(=O)c1ccc([C@@H]2CC(c3ccnnc3)CCN2)cc1. The molecule has 22 heavy (non-hydrogen) atoms. The van der Waals surface area contributed by atoms with E-state index in [0.29, 0.717) is 17.5 Å². The smallest absolute Gasteiger partial charge is 0.337 e. The first-order valence-electron chi connectivity index (χ1n) is 7.46. The molecular formula is C17H19N3O2. The van der Waals surface area contributed by atoms with Crippen molar-refractivity contribution in [3.63, 3.8) is 0 Å². The highest BCUT2D eigenvalue weighted by Crippen LogP contribution is 2.33. The van der Waals surface area contributed by atoms with Crippen molar-refractivity contribution in [1.29, 1.82) is 0 Å². The normalized spacial score (nSPS) is 21.3. The second-order valence-corrected chi connectivity index (χ2v) is 5.52. The number of nitrogens with one attached hydrogen (secondary N) is 1. The highest BCUT2D eigenvalue weighted by molar-refractivity contribution is 5.89. The van der Waals surface area contributed by atoms with Gasteiger partial charge in [-0.2, -0.15) is 10.2 Å². The van der Waals surface area contributed by atoms with E-state index >= 15 is 0 Å². The number of hydrogen-bond donors (Lipinski definition) is 1. The summed E-state index contributed by atoms with van der Waals surface area (Å²) in [7, 11) is 1.40. The number of methoxy groups -OCH3 is 1. The summed E-state index contributed by atoms with van der Waals surface area (Å²) in [5.41, 5.74) is 3.02. The molecule has 1 saturated heterocycles. The van der Waals surface area contributed by atoms with Crippen molar-refractivity contribution in [2.24, 2.45) is 0 Å². The van der Waals surface area contributed by atoms with Crippen LogP contribution in [0.3, 0.4) is 0 Å². The maximum atomic E-state index is 11.5. The van der Waals surface area contributed by atoms with E-state index in [4.69, 9.17) is 4.74 Å². The van der Waals surface area contributed by atoms with E-state index in [1.54, 1.807) is 6.20 Å². The van der Waals surface area contributed by atoms with Gasteiger partial charge in [0.1, 0.15) is 0 Å². The number of piperidine rings is 1. The van der Waals surface area contributed by atoms with Crippen LogP contribution in [0, 0.1) is 0 Å². The summed E-state index contributed by atoms with van der Waals surface area (Å²) in [6, 6.07) is 9.97. The largest absolute Gasteiger partial charge is 0.465 e. The van der Waals surface area contributed by atoms with Gasteiger partial charge in [0.2, 0.25) is 0 Å². The van der Waals surface area contributed by atoms with Gasteiger partial charge < -0.3 is 10.1 Å². The Kier molecular flexibility index (Phi) is 4.44. The monoisotopic (exact) mass is 297 g/mol. The number of ether oxygens (including phenoxy) is 1. The second kappa shape index (κ2) is 6.66. The zero-order valence-corrected chi connectivity index (χ0v) is 12.5. The molecule has 3 rings (SSSR count). The number of nitrogens with zero attached hydrogens (tertiary/aromatic N) is 2. The second-order valence-electron chi connectivity index (χ2n) is 5.52. The van der Waals surface area contributed by atoms with Gasteiger partial charge in [-0.05, 0) is 54.6 Å². The molecule has 1 aromatic carbocycles. The minimum atomic E-state index is -0.302. The van der Waals surface area contributed by atoms with E-state index in [0.717, 1.165) is 19.4 Å². The number of carbonyl (C=O) groups is 1. The third kappa shape index (κ3) is 3.14. The molecule has 114 valence electrons. The number of hydrogen-bond acceptors (Lipinski definition) is 5. The van der Waals surface area contributed by atoms with Crippen molar-refractivity contribution in [2.45, 2.75) is 24.8 Å². The number of aromatic nitrogens is 2. The first-order valence-corrected chi connectivity index (χ1v) is 7.46. The summed E-state index contributed by atoms with van der Waals surface area (Å²) in [6.45, 7) is 0.969. The van der Waals surface area contributed by atoms with Crippen molar-refractivity contribution in [3.8, 4) is 0 Å². The molecule has 0 saturated carbocycles. The van der Waals surface area contributed by atoms with Crippen molar-refractivity contribution in [1.82, 2.24) is 15.5 Å². The molecule has 1 aromatic heterocycles. The van der Waals surface area contributed by atoms with Crippen LogP contribution in [0.2, 0.25) is 0 Å². The first-order chi connectivity index (χ1) is 10.8. The molecular weight excluding hydrogens is 278 g/mol. The van der Waals surface area contributed by atoms with Gasteiger partial charge in [-0.1, -0.05) is 12.1 Å². The summed E-state index contributed by atoms with van der Waals surface area (Å²) in [4.78, 5) is 11.5. The number of benzene rings is 1. The highest BCUT2D eigenvalue weighted by Gasteiger charge is 2.24. The number of esters is 1. The van der Waals surface area contributed by atoms with Gasteiger partial charge in [0, 0.05) is 12.2 Å². The summed E-state index contributed by atoms with van der Waals surface area (Å²) >= 11 is 0. The molecule has 0 radical (unpaired) electrons. The van der Waals surface area contributed by atoms with Gasteiger partial charge in [-0.3, -0.25) is 0 Å². The molecule has 5 nitrogen and oxygen atoms in total. The number of carbonyl (C=O) groups excluding carboxylic acids is 1. The van der Waals surface area contributed by atoms with Gasteiger partial charge in [0.15, 0.2) is 0 Å². The molecule has 2 aromatic rings. The van der Waals surface area contributed by atoms with E-state index in [1.807, 2.05) is 36.5 Å². The third-order valence-electron chi connectivity index (χ3n) is 4.22. The van der Waals surface area contributed by atoms with Crippen LogP contribution in [-0.2, 0) is 4.74 Å². The fourth-order valence-electron chi connectivity index (χ4n) is 2.99. The van der Waals surface area contributed by atoms with E-state index < -0.39 is 0 Å². The molecule has 0 aliphatic carbocycles. The quantitative estimate of drug-likeness (QED) is 0.882. The average Bonchev–Trinajstić information content (AvgIpc) is 2.62. The maximum absolute atomic E-state index is 11.5. The minimum Gasteiger partial charge on any atom is -0.465 e. The van der Waals surface area contributed by atoms with Crippen LogP contribution in [0.25, 0.3) is 0 Å². The minimum absolute atomic E-state index is 0.290. The lowest BCUT2D eigenvalue weighted by Gasteiger charge is -2.30. The van der Waals surface area contributed by atoms with Crippen molar-refractivity contribution >= 4 is 5.97 Å². The van der Waals surface area contributed by atoms with Gasteiger partial charge in [0.25, 0.3) is 0 Å². The Morgan fingerprint density at radius 1 is 1.18 bits per heavy atom. The lowest BCUT2D eigenvalue weighted by Crippen LogP contribution is -2.31. The lowest BCUT2D eigenvalue weighted by atomic mass is 9.85. The van der Waals surface area contributed by atoms with Crippen LogP contribution in [0.4, 0.5) is 0 Å². The van der Waals surface area contributed by atoms with Crippen LogP contribution in [0.1, 0.15) is 46.3 Å². The molecule has 1 aliphatic rings. The molecule has 2 atom stereocenters. The predicted molar refractivity (Wildman–Crippen MR) is 82.5 cm³/mol. The summed E-state index contributed by atoms with van der Waals surface area (Å²) < 4.78 is 4.73. The molecule has 0 spiro atoms. The van der Waals surface area contributed by atoms with Crippen molar-refractivity contribution < 1.29 is 9.53 Å². The summed E-state index contributed by atoms with van der Waals surface area (Å²) in [5.74, 6) is 0.186. The topological polar surface area (TPSA) is 64.1 Å². The van der Waals surface area contributed by atoms with Crippen LogP contribution >= 0.6 is 0 Å². The lowest BCUT2D eigenvalue weighted by molar-refractivity contribution is 0.0600. The average molecular weight is 297 g/mol.